The van der Waals surface area contributed by atoms with Crippen molar-refractivity contribution in [2.75, 3.05) is 0 Å². The van der Waals surface area contributed by atoms with Crippen molar-refractivity contribution in [2.45, 2.75) is 13.8 Å². The van der Waals surface area contributed by atoms with Gasteiger partial charge in [-0.1, -0.05) is 23.7 Å². The summed E-state index contributed by atoms with van der Waals surface area (Å²) in [7, 11) is 0. The van der Waals surface area contributed by atoms with Crippen LogP contribution in [0.4, 0.5) is 0 Å². The zero-order valence-electron chi connectivity index (χ0n) is 9.04. The largest absolute Gasteiger partial charge is 0.339 e. The Labute approximate surface area is 98.5 Å². The lowest BCUT2D eigenvalue weighted by molar-refractivity contribution is 0.100. The van der Waals surface area contributed by atoms with Crippen molar-refractivity contribution in [1.29, 1.82) is 0 Å². The van der Waals surface area contributed by atoms with Crippen LogP contribution < -0.4 is 0 Å². The fourth-order valence-electron chi connectivity index (χ4n) is 1.52. The van der Waals surface area contributed by atoms with Crippen LogP contribution in [0.2, 0.25) is 5.02 Å². The summed E-state index contributed by atoms with van der Waals surface area (Å²) in [6.07, 6.45) is 0. The summed E-state index contributed by atoms with van der Waals surface area (Å²) in [5.41, 5.74) is 2.63. The highest BCUT2D eigenvalue weighted by molar-refractivity contribution is 6.30. The van der Waals surface area contributed by atoms with E-state index in [2.05, 4.69) is 9.97 Å². The number of imidazole rings is 1. The molecule has 0 unspecified atom stereocenters. The highest BCUT2D eigenvalue weighted by Crippen LogP contribution is 2.22. The van der Waals surface area contributed by atoms with Gasteiger partial charge in [-0.2, -0.15) is 0 Å². The number of hydrogen-bond acceptors (Lipinski definition) is 2. The number of H-pyrrole nitrogens is 1. The van der Waals surface area contributed by atoms with Crippen molar-refractivity contribution in [2.24, 2.45) is 0 Å². The molecule has 1 N–H and O–H groups in total. The molecule has 16 heavy (non-hydrogen) atoms. The maximum atomic E-state index is 11.2. The van der Waals surface area contributed by atoms with Crippen LogP contribution in [0.15, 0.2) is 24.3 Å². The third-order valence-corrected chi connectivity index (χ3v) is 2.59. The van der Waals surface area contributed by atoms with Crippen molar-refractivity contribution in [3.05, 3.63) is 40.8 Å². The number of aromatic amines is 1. The Bertz CT molecular complexity index is 528. The quantitative estimate of drug-likeness (QED) is 0.811. The zero-order chi connectivity index (χ0) is 11.7. The maximum Gasteiger partial charge on any atom is 0.195 e. The second kappa shape index (κ2) is 4.10. The number of rotatable bonds is 2. The fourth-order valence-corrected chi connectivity index (χ4v) is 1.64. The van der Waals surface area contributed by atoms with Gasteiger partial charge in [-0.25, -0.2) is 4.98 Å². The van der Waals surface area contributed by atoms with E-state index in [4.69, 9.17) is 11.6 Å². The molecule has 0 aliphatic heterocycles. The van der Waals surface area contributed by atoms with Crippen LogP contribution in [0, 0.1) is 6.92 Å². The number of aromatic nitrogens is 2. The molecule has 0 atom stereocenters. The number of benzene rings is 1. The van der Waals surface area contributed by atoms with Gasteiger partial charge >= 0.3 is 0 Å². The molecule has 0 radical (unpaired) electrons. The van der Waals surface area contributed by atoms with Gasteiger partial charge < -0.3 is 4.98 Å². The predicted molar refractivity (Wildman–Crippen MR) is 63.8 cm³/mol. The lowest BCUT2D eigenvalue weighted by Crippen LogP contribution is -1.94. The van der Waals surface area contributed by atoms with E-state index in [1.807, 2.05) is 19.1 Å². The van der Waals surface area contributed by atoms with Crippen LogP contribution in [-0.4, -0.2) is 15.8 Å². The summed E-state index contributed by atoms with van der Waals surface area (Å²) in [4.78, 5) is 18.4. The molecular formula is C12H11ClN2O. The molecule has 0 amide bonds. The fraction of sp³-hybridized carbons (Fsp3) is 0.167. The molecule has 0 aliphatic carbocycles. The molecule has 2 rings (SSSR count). The first kappa shape index (κ1) is 10.9. The van der Waals surface area contributed by atoms with E-state index in [0.29, 0.717) is 10.8 Å². The van der Waals surface area contributed by atoms with Gasteiger partial charge in [-0.05, 0) is 19.1 Å². The van der Waals surface area contributed by atoms with Crippen molar-refractivity contribution < 1.29 is 4.79 Å². The first-order valence-electron chi connectivity index (χ1n) is 4.91. The molecule has 4 heteroatoms. The van der Waals surface area contributed by atoms with Gasteiger partial charge in [0.05, 0.1) is 5.69 Å². The van der Waals surface area contributed by atoms with E-state index in [1.54, 1.807) is 12.1 Å². The van der Waals surface area contributed by atoms with Crippen LogP contribution in [-0.2, 0) is 0 Å². The van der Waals surface area contributed by atoms with E-state index >= 15 is 0 Å². The topological polar surface area (TPSA) is 45.8 Å². The minimum Gasteiger partial charge on any atom is -0.339 e. The summed E-state index contributed by atoms with van der Waals surface area (Å²) in [6.45, 7) is 3.38. The number of aryl methyl sites for hydroxylation is 1. The standard InChI is InChI=1S/C12H11ClN2O/c1-7-11(15-12(14-7)8(2)16)9-3-5-10(13)6-4-9/h3-6H,1-2H3,(H,14,15). The number of carbonyl (C=O) groups is 1. The van der Waals surface area contributed by atoms with Gasteiger partial charge in [0.1, 0.15) is 0 Å². The second-order valence-corrected chi connectivity index (χ2v) is 4.06. The molecule has 0 spiro atoms. The average molecular weight is 235 g/mol. The van der Waals surface area contributed by atoms with Crippen molar-refractivity contribution in [1.82, 2.24) is 9.97 Å². The van der Waals surface area contributed by atoms with Gasteiger partial charge in [0.25, 0.3) is 0 Å². The van der Waals surface area contributed by atoms with Crippen LogP contribution >= 0.6 is 11.6 Å². The first-order chi connectivity index (χ1) is 7.58. The summed E-state index contributed by atoms with van der Waals surface area (Å²) >= 11 is 5.81. The maximum absolute atomic E-state index is 11.2. The van der Waals surface area contributed by atoms with Crippen molar-refractivity contribution >= 4 is 17.4 Å². The SMILES string of the molecule is CC(=O)c1nc(-c2ccc(Cl)cc2)c(C)[nH]1. The number of halogens is 1. The molecule has 2 aromatic rings. The summed E-state index contributed by atoms with van der Waals surface area (Å²) in [5.74, 6) is 0.325. The number of nitrogens with one attached hydrogen (secondary N) is 1. The Morgan fingerprint density at radius 1 is 1.31 bits per heavy atom. The van der Waals surface area contributed by atoms with E-state index < -0.39 is 0 Å². The molecule has 1 aromatic carbocycles. The first-order valence-corrected chi connectivity index (χ1v) is 5.29. The van der Waals surface area contributed by atoms with Crippen molar-refractivity contribution in [3.8, 4) is 11.3 Å². The zero-order valence-corrected chi connectivity index (χ0v) is 9.80. The minimum absolute atomic E-state index is 0.0664. The molecule has 1 aromatic heterocycles. The predicted octanol–water partition coefficient (Wildman–Crippen LogP) is 3.24. The van der Waals surface area contributed by atoms with Crippen LogP contribution in [0.25, 0.3) is 11.3 Å². The molecule has 0 fully saturated rings. The lowest BCUT2D eigenvalue weighted by atomic mass is 10.1. The molecule has 0 bridgehead atoms. The van der Waals surface area contributed by atoms with Crippen LogP contribution in [0.5, 0.6) is 0 Å². The molecule has 82 valence electrons. The second-order valence-electron chi connectivity index (χ2n) is 3.62. The van der Waals surface area contributed by atoms with Crippen LogP contribution in [0.3, 0.4) is 0 Å². The number of nitrogens with zero attached hydrogens (tertiary/aromatic N) is 1. The number of hydrogen-bond donors (Lipinski definition) is 1. The molecule has 1 heterocycles. The minimum atomic E-state index is -0.0664. The monoisotopic (exact) mass is 234 g/mol. The molecule has 0 saturated carbocycles. The highest BCUT2D eigenvalue weighted by atomic mass is 35.5. The normalized spacial score (nSPS) is 10.4. The van der Waals surface area contributed by atoms with E-state index in [1.165, 1.54) is 6.92 Å². The van der Waals surface area contributed by atoms with Gasteiger partial charge in [-0.15, -0.1) is 0 Å². The Hall–Kier alpha value is -1.61. The van der Waals surface area contributed by atoms with E-state index in [-0.39, 0.29) is 5.78 Å². The summed E-state index contributed by atoms with van der Waals surface area (Å²) in [6, 6.07) is 7.38. The summed E-state index contributed by atoms with van der Waals surface area (Å²) in [5, 5.41) is 0.684. The van der Waals surface area contributed by atoms with Gasteiger partial charge in [0.2, 0.25) is 0 Å². The number of Topliss-reactive ketones (excluding diaryl/α,β-unsaturated/α-hetero) is 1. The Morgan fingerprint density at radius 2 is 1.94 bits per heavy atom. The third-order valence-electron chi connectivity index (χ3n) is 2.34. The van der Waals surface area contributed by atoms with Gasteiger partial charge in [-0.3, -0.25) is 4.79 Å². The number of ketones is 1. The molecule has 0 saturated heterocycles. The van der Waals surface area contributed by atoms with Crippen LogP contribution in [0.1, 0.15) is 23.2 Å². The Kier molecular flexibility index (Phi) is 2.79. The average Bonchev–Trinajstić information content (AvgIpc) is 2.62. The molecule has 3 nitrogen and oxygen atoms in total. The highest BCUT2D eigenvalue weighted by Gasteiger charge is 2.11. The molecular weight excluding hydrogens is 224 g/mol. The summed E-state index contributed by atoms with van der Waals surface area (Å²) < 4.78 is 0. The smallest absolute Gasteiger partial charge is 0.195 e. The van der Waals surface area contributed by atoms with Gasteiger partial charge in [0.15, 0.2) is 11.6 Å². The molecule has 0 aliphatic rings. The van der Waals surface area contributed by atoms with E-state index in [0.717, 1.165) is 17.0 Å². The Morgan fingerprint density at radius 3 is 2.44 bits per heavy atom. The number of carbonyl (C=O) groups excluding carboxylic acids is 1. The third kappa shape index (κ3) is 1.99. The van der Waals surface area contributed by atoms with Gasteiger partial charge in [0, 0.05) is 23.2 Å². The Balaban J connectivity index is 2.47. The lowest BCUT2D eigenvalue weighted by Gasteiger charge is -1.97. The van der Waals surface area contributed by atoms with E-state index in [9.17, 15) is 4.79 Å². The van der Waals surface area contributed by atoms with Crippen molar-refractivity contribution in [3.63, 3.8) is 0 Å².